The number of likely N-dealkylation sites (tertiary alicyclic amines) is 1. The number of benzene rings is 1. The van der Waals surface area contributed by atoms with E-state index in [1.165, 1.54) is 6.07 Å². The molecule has 0 saturated carbocycles. The van der Waals surface area contributed by atoms with E-state index in [9.17, 15) is 9.18 Å². The monoisotopic (exact) mass is 419 g/mol. The van der Waals surface area contributed by atoms with Crippen LogP contribution in [0.2, 0.25) is 0 Å². The molecule has 0 bridgehead atoms. The summed E-state index contributed by atoms with van der Waals surface area (Å²) in [6.45, 7) is 3.89. The van der Waals surface area contributed by atoms with Gasteiger partial charge in [0.1, 0.15) is 17.5 Å². The molecule has 0 spiro atoms. The molecule has 1 aromatic carbocycles. The van der Waals surface area contributed by atoms with Crippen LogP contribution >= 0.6 is 0 Å². The fourth-order valence-corrected chi connectivity index (χ4v) is 3.83. The second-order valence-electron chi connectivity index (χ2n) is 7.87. The van der Waals surface area contributed by atoms with Gasteiger partial charge in [-0.15, -0.1) is 0 Å². The van der Waals surface area contributed by atoms with Gasteiger partial charge in [-0.25, -0.2) is 14.4 Å². The Morgan fingerprint density at radius 3 is 2.68 bits per heavy atom. The summed E-state index contributed by atoms with van der Waals surface area (Å²) in [6.07, 6.45) is 3.62. The summed E-state index contributed by atoms with van der Waals surface area (Å²) in [5.41, 5.74) is 2.41. The maximum Gasteiger partial charge on any atom is 0.238 e. The largest absolute Gasteiger partial charge is 0.325 e. The third-order valence-electron chi connectivity index (χ3n) is 5.46. The number of carbonyl (C=O) groups is 1. The molecule has 0 radical (unpaired) electrons. The number of amides is 1. The normalized spacial score (nSPS) is 14.9. The Morgan fingerprint density at radius 1 is 1.10 bits per heavy atom. The van der Waals surface area contributed by atoms with E-state index < -0.39 is 5.82 Å². The average Bonchev–Trinajstić information content (AvgIpc) is 2.76. The SMILES string of the molecule is Cc1ccnc(Nc2cccc(C3CCN(CC(=O)Nc4ccccc4F)CC3)n2)c1. The molecular formula is C24H26FN5O. The van der Waals surface area contributed by atoms with Crippen molar-refractivity contribution in [2.24, 2.45) is 0 Å². The summed E-state index contributed by atoms with van der Waals surface area (Å²) < 4.78 is 13.7. The minimum Gasteiger partial charge on any atom is -0.325 e. The molecule has 1 aliphatic heterocycles. The molecule has 6 nitrogen and oxygen atoms in total. The first kappa shape index (κ1) is 20.9. The number of hydrogen-bond donors (Lipinski definition) is 2. The van der Waals surface area contributed by atoms with Gasteiger partial charge in [0.05, 0.1) is 12.2 Å². The number of pyridine rings is 2. The number of rotatable bonds is 6. The molecule has 31 heavy (non-hydrogen) atoms. The van der Waals surface area contributed by atoms with Gasteiger partial charge in [-0.05, 0) is 74.8 Å². The Bertz CT molecular complexity index is 1050. The summed E-state index contributed by atoms with van der Waals surface area (Å²) in [5.74, 6) is 1.29. The number of carbonyl (C=O) groups excluding carboxylic acids is 1. The Balaban J connectivity index is 1.30. The molecule has 0 aliphatic carbocycles. The van der Waals surface area contributed by atoms with Crippen molar-refractivity contribution >= 4 is 23.2 Å². The van der Waals surface area contributed by atoms with Crippen LogP contribution in [0.4, 0.5) is 21.7 Å². The molecule has 3 heterocycles. The Hall–Kier alpha value is -3.32. The van der Waals surface area contributed by atoms with E-state index in [0.29, 0.717) is 5.92 Å². The molecule has 1 fully saturated rings. The fourth-order valence-electron chi connectivity index (χ4n) is 3.83. The summed E-state index contributed by atoms with van der Waals surface area (Å²) in [4.78, 5) is 23.5. The smallest absolute Gasteiger partial charge is 0.238 e. The number of para-hydroxylation sites is 1. The summed E-state index contributed by atoms with van der Waals surface area (Å²) >= 11 is 0. The number of aryl methyl sites for hydroxylation is 1. The number of anilines is 3. The molecule has 7 heteroatoms. The first-order valence-corrected chi connectivity index (χ1v) is 10.5. The van der Waals surface area contributed by atoms with Crippen LogP contribution in [0.15, 0.2) is 60.8 Å². The first-order chi connectivity index (χ1) is 15.1. The summed E-state index contributed by atoms with van der Waals surface area (Å²) in [5, 5.41) is 5.92. The number of hydrogen-bond acceptors (Lipinski definition) is 5. The maximum atomic E-state index is 13.7. The highest BCUT2D eigenvalue weighted by molar-refractivity contribution is 5.92. The van der Waals surface area contributed by atoms with Crippen LogP contribution in [-0.4, -0.2) is 40.4 Å². The van der Waals surface area contributed by atoms with Crippen molar-refractivity contribution < 1.29 is 9.18 Å². The molecule has 160 valence electrons. The highest BCUT2D eigenvalue weighted by Gasteiger charge is 2.23. The second-order valence-corrected chi connectivity index (χ2v) is 7.87. The molecular weight excluding hydrogens is 393 g/mol. The second kappa shape index (κ2) is 9.66. The minimum absolute atomic E-state index is 0.196. The average molecular weight is 420 g/mol. The van der Waals surface area contributed by atoms with E-state index in [1.54, 1.807) is 24.4 Å². The van der Waals surface area contributed by atoms with Crippen molar-refractivity contribution in [2.75, 3.05) is 30.3 Å². The molecule has 0 unspecified atom stereocenters. The molecule has 4 rings (SSSR count). The van der Waals surface area contributed by atoms with Crippen LogP contribution in [0, 0.1) is 12.7 Å². The number of aromatic nitrogens is 2. The molecule has 3 aromatic rings. The summed E-state index contributed by atoms with van der Waals surface area (Å²) in [6, 6.07) is 16.2. The lowest BCUT2D eigenvalue weighted by Gasteiger charge is -2.31. The minimum atomic E-state index is -0.421. The lowest BCUT2D eigenvalue weighted by molar-refractivity contribution is -0.117. The highest BCUT2D eigenvalue weighted by atomic mass is 19.1. The van der Waals surface area contributed by atoms with Gasteiger partial charge >= 0.3 is 0 Å². The van der Waals surface area contributed by atoms with Crippen LogP contribution in [0.3, 0.4) is 0 Å². The van der Waals surface area contributed by atoms with E-state index in [1.807, 2.05) is 31.2 Å². The fraction of sp³-hybridized carbons (Fsp3) is 0.292. The van der Waals surface area contributed by atoms with Crippen molar-refractivity contribution in [3.8, 4) is 0 Å². The van der Waals surface area contributed by atoms with Crippen LogP contribution in [-0.2, 0) is 4.79 Å². The standard InChI is InChI=1S/C24H26FN5O/c1-17-9-12-26-23(15-17)29-22-8-4-7-20(27-22)18-10-13-30(14-11-18)16-24(31)28-21-6-3-2-5-19(21)25/h2-9,12,15,18H,10-11,13-14,16H2,1H3,(H,28,31)(H,26,27,29). The van der Waals surface area contributed by atoms with Gasteiger partial charge in [0.2, 0.25) is 5.91 Å². The topological polar surface area (TPSA) is 70.2 Å². The van der Waals surface area contributed by atoms with E-state index in [4.69, 9.17) is 4.98 Å². The van der Waals surface area contributed by atoms with Crippen LogP contribution in [0.1, 0.15) is 30.0 Å². The predicted octanol–water partition coefficient (Wildman–Crippen LogP) is 4.49. The molecule has 1 saturated heterocycles. The molecule has 0 atom stereocenters. The Morgan fingerprint density at radius 2 is 1.90 bits per heavy atom. The number of piperidine rings is 1. The highest BCUT2D eigenvalue weighted by Crippen LogP contribution is 2.28. The van der Waals surface area contributed by atoms with Gasteiger partial charge in [-0.2, -0.15) is 0 Å². The molecule has 1 amide bonds. The lowest BCUT2D eigenvalue weighted by Crippen LogP contribution is -2.39. The maximum absolute atomic E-state index is 13.7. The van der Waals surface area contributed by atoms with Crippen molar-refractivity contribution in [3.05, 3.63) is 77.9 Å². The van der Waals surface area contributed by atoms with Crippen LogP contribution in [0.5, 0.6) is 0 Å². The predicted molar refractivity (Wildman–Crippen MR) is 120 cm³/mol. The van der Waals surface area contributed by atoms with E-state index in [-0.39, 0.29) is 18.1 Å². The Labute approximate surface area is 181 Å². The third-order valence-corrected chi connectivity index (χ3v) is 5.46. The summed E-state index contributed by atoms with van der Waals surface area (Å²) in [7, 11) is 0. The lowest BCUT2D eigenvalue weighted by atomic mass is 9.93. The van der Waals surface area contributed by atoms with Crippen molar-refractivity contribution in [1.82, 2.24) is 14.9 Å². The van der Waals surface area contributed by atoms with Gasteiger partial charge in [-0.1, -0.05) is 18.2 Å². The zero-order chi connectivity index (χ0) is 21.6. The molecule has 2 aromatic heterocycles. The zero-order valence-corrected chi connectivity index (χ0v) is 17.5. The van der Waals surface area contributed by atoms with Crippen LogP contribution in [0.25, 0.3) is 0 Å². The third kappa shape index (κ3) is 5.64. The molecule has 1 aliphatic rings. The number of halogens is 1. The van der Waals surface area contributed by atoms with E-state index >= 15 is 0 Å². The van der Waals surface area contributed by atoms with Gasteiger partial charge in [0.15, 0.2) is 0 Å². The van der Waals surface area contributed by atoms with Crippen molar-refractivity contribution in [2.45, 2.75) is 25.7 Å². The van der Waals surface area contributed by atoms with Gasteiger partial charge in [0.25, 0.3) is 0 Å². The van der Waals surface area contributed by atoms with E-state index in [0.717, 1.165) is 48.8 Å². The van der Waals surface area contributed by atoms with Crippen molar-refractivity contribution in [1.29, 1.82) is 0 Å². The number of nitrogens with one attached hydrogen (secondary N) is 2. The Kier molecular flexibility index (Phi) is 6.52. The van der Waals surface area contributed by atoms with Crippen molar-refractivity contribution in [3.63, 3.8) is 0 Å². The quantitative estimate of drug-likeness (QED) is 0.616. The van der Waals surface area contributed by atoms with Gasteiger partial charge < -0.3 is 10.6 Å². The van der Waals surface area contributed by atoms with Gasteiger partial charge in [0, 0.05) is 17.8 Å². The van der Waals surface area contributed by atoms with Gasteiger partial charge in [-0.3, -0.25) is 9.69 Å². The molecule has 2 N–H and O–H groups in total. The zero-order valence-electron chi connectivity index (χ0n) is 17.5. The van der Waals surface area contributed by atoms with Crippen LogP contribution < -0.4 is 10.6 Å². The first-order valence-electron chi connectivity index (χ1n) is 10.5. The van der Waals surface area contributed by atoms with E-state index in [2.05, 4.69) is 26.6 Å². The number of nitrogens with zero attached hydrogens (tertiary/aromatic N) is 3.